The topological polar surface area (TPSA) is 72.5 Å². The van der Waals surface area contributed by atoms with Crippen molar-refractivity contribution in [3.05, 3.63) is 47.5 Å². The molecule has 0 radical (unpaired) electrons. The van der Waals surface area contributed by atoms with Crippen LogP contribution in [0.4, 0.5) is 0 Å². The molecule has 160 valence electrons. The maximum Gasteiger partial charge on any atom is 0.203 e. The Balaban J connectivity index is 2.25. The van der Waals surface area contributed by atoms with E-state index in [0.29, 0.717) is 40.1 Å². The number of ether oxygens (including phenoxy) is 6. The molecule has 0 saturated heterocycles. The Morgan fingerprint density at radius 1 is 0.600 bits per heavy atom. The molecule has 2 aromatic rings. The predicted octanol–water partition coefficient (Wildman–Crippen LogP) is 4.03. The summed E-state index contributed by atoms with van der Waals surface area (Å²) in [6.45, 7) is 0. The molecule has 0 bridgehead atoms. The van der Waals surface area contributed by atoms with E-state index in [2.05, 4.69) is 0 Å². The molecule has 0 amide bonds. The molecule has 0 saturated carbocycles. The molecule has 0 heterocycles. The summed E-state index contributed by atoms with van der Waals surface area (Å²) in [4.78, 5) is 12.3. The number of methoxy groups -OCH3 is 6. The monoisotopic (exact) mass is 414 g/mol. The van der Waals surface area contributed by atoms with Crippen LogP contribution in [0.15, 0.2) is 36.4 Å². The van der Waals surface area contributed by atoms with E-state index in [1.54, 1.807) is 57.7 Å². The van der Waals surface area contributed by atoms with E-state index in [1.807, 2.05) is 0 Å². The standard InChI is InChI=1S/C23H26O7/c1-25-18-14-20(27-3)19(26-2)13-16(18)8-10-17(24)9-7-15-11-21(28-4)23(30-6)22(12-15)29-5/h7-14H,1-6H3/b9-7+,10-8+. The van der Waals surface area contributed by atoms with Gasteiger partial charge in [-0.15, -0.1) is 0 Å². The minimum atomic E-state index is -0.208. The molecule has 0 atom stereocenters. The second-order valence-electron chi connectivity index (χ2n) is 5.98. The zero-order valence-corrected chi connectivity index (χ0v) is 18.0. The van der Waals surface area contributed by atoms with Crippen LogP contribution in [0, 0.1) is 0 Å². The second kappa shape index (κ2) is 10.8. The zero-order valence-electron chi connectivity index (χ0n) is 18.0. The first-order chi connectivity index (χ1) is 14.5. The van der Waals surface area contributed by atoms with Crippen molar-refractivity contribution < 1.29 is 33.2 Å². The predicted molar refractivity (Wildman–Crippen MR) is 115 cm³/mol. The van der Waals surface area contributed by atoms with E-state index in [-0.39, 0.29) is 5.78 Å². The van der Waals surface area contributed by atoms with Gasteiger partial charge in [-0.25, -0.2) is 0 Å². The highest BCUT2D eigenvalue weighted by Gasteiger charge is 2.12. The summed E-state index contributed by atoms with van der Waals surface area (Å²) in [6, 6.07) is 6.96. The van der Waals surface area contributed by atoms with Crippen LogP contribution in [0.1, 0.15) is 11.1 Å². The van der Waals surface area contributed by atoms with E-state index in [0.717, 1.165) is 5.56 Å². The molecule has 7 heteroatoms. The molecular formula is C23H26O7. The van der Waals surface area contributed by atoms with Crippen LogP contribution in [-0.2, 0) is 4.79 Å². The average molecular weight is 414 g/mol. The van der Waals surface area contributed by atoms with Gasteiger partial charge in [0.1, 0.15) is 5.75 Å². The second-order valence-corrected chi connectivity index (χ2v) is 5.98. The highest BCUT2D eigenvalue weighted by Crippen LogP contribution is 2.38. The molecule has 30 heavy (non-hydrogen) atoms. The molecule has 7 nitrogen and oxygen atoms in total. The summed E-state index contributed by atoms with van der Waals surface area (Å²) in [5.74, 6) is 2.94. The first-order valence-electron chi connectivity index (χ1n) is 9.01. The van der Waals surface area contributed by atoms with Crippen LogP contribution in [0.2, 0.25) is 0 Å². The first-order valence-corrected chi connectivity index (χ1v) is 9.01. The SMILES string of the molecule is COc1cc(OC)c(OC)cc1/C=C/C(=O)/C=C/c1cc(OC)c(OC)c(OC)c1. The van der Waals surface area contributed by atoms with Gasteiger partial charge in [-0.05, 0) is 42.0 Å². The van der Waals surface area contributed by atoms with E-state index < -0.39 is 0 Å². The Hall–Kier alpha value is -3.61. The van der Waals surface area contributed by atoms with Crippen LogP contribution in [0.25, 0.3) is 12.2 Å². The van der Waals surface area contributed by atoms with Crippen molar-refractivity contribution in [2.24, 2.45) is 0 Å². The van der Waals surface area contributed by atoms with Crippen molar-refractivity contribution in [1.82, 2.24) is 0 Å². The molecule has 0 aromatic heterocycles. The molecule has 2 rings (SSSR count). The Labute approximate surface area is 176 Å². The van der Waals surface area contributed by atoms with E-state index in [4.69, 9.17) is 28.4 Å². The number of rotatable bonds is 10. The summed E-state index contributed by atoms with van der Waals surface area (Å²) < 4.78 is 31.9. The lowest BCUT2D eigenvalue weighted by Gasteiger charge is -2.12. The number of ketones is 1. The Bertz CT molecular complexity index is 920. The van der Waals surface area contributed by atoms with Gasteiger partial charge in [0.25, 0.3) is 0 Å². The lowest BCUT2D eigenvalue weighted by molar-refractivity contribution is -0.110. The molecule has 0 aliphatic heterocycles. The number of hydrogen-bond acceptors (Lipinski definition) is 7. The van der Waals surface area contributed by atoms with Crippen molar-refractivity contribution in [3.8, 4) is 34.5 Å². The highest BCUT2D eigenvalue weighted by molar-refractivity contribution is 6.04. The van der Waals surface area contributed by atoms with Crippen molar-refractivity contribution >= 4 is 17.9 Å². The van der Waals surface area contributed by atoms with Gasteiger partial charge in [0.2, 0.25) is 5.75 Å². The first kappa shape index (κ1) is 22.7. The van der Waals surface area contributed by atoms with Gasteiger partial charge in [-0.1, -0.05) is 6.08 Å². The fraction of sp³-hybridized carbons (Fsp3) is 0.261. The van der Waals surface area contributed by atoms with Crippen molar-refractivity contribution in [3.63, 3.8) is 0 Å². The fourth-order valence-corrected chi connectivity index (χ4v) is 2.79. The third-order valence-corrected chi connectivity index (χ3v) is 4.29. The normalized spacial score (nSPS) is 10.9. The molecule has 0 N–H and O–H groups in total. The summed E-state index contributed by atoms with van der Waals surface area (Å²) >= 11 is 0. The molecule has 0 aliphatic rings. The van der Waals surface area contributed by atoms with Gasteiger partial charge in [-0.3, -0.25) is 4.79 Å². The summed E-state index contributed by atoms with van der Waals surface area (Å²) in [7, 11) is 9.25. The minimum Gasteiger partial charge on any atom is -0.496 e. The number of benzene rings is 2. The minimum absolute atomic E-state index is 0.208. The smallest absolute Gasteiger partial charge is 0.203 e. The summed E-state index contributed by atoms with van der Waals surface area (Å²) in [5, 5.41) is 0. The third-order valence-electron chi connectivity index (χ3n) is 4.29. The lowest BCUT2D eigenvalue weighted by Crippen LogP contribution is -1.96. The Kier molecular flexibility index (Phi) is 8.17. The average Bonchev–Trinajstić information content (AvgIpc) is 2.79. The molecule has 0 unspecified atom stereocenters. The van der Waals surface area contributed by atoms with Crippen LogP contribution in [0.5, 0.6) is 34.5 Å². The van der Waals surface area contributed by atoms with Gasteiger partial charge >= 0.3 is 0 Å². The third kappa shape index (κ3) is 5.26. The van der Waals surface area contributed by atoms with Crippen molar-refractivity contribution in [2.75, 3.05) is 42.7 Å². The largest absolute Gasteiger partial charge is 0.496 e. The number of hydrogen-bond donors (Lipinski definition) is 0. The molecule has 2 aromatic carbocycles. The molecule has 0 fully saturated rings. The zero-order chi connectivity index (χ0) is 22.1. The van der Waals surface area contributed by atoms with Crippen LogP contribution < -0.4 is 28.4 Å². The number of carbonyl (C=O) groups excluding carboxylic acids is 1. The number of allylic oxidation sites excluding steroid dienone is 2. The maximum atomic E-state index is 12.3. The summed E-state index contributed by atoms with van der Waals surface area (Å²) in [6.07, 6.45) is 6.22. The van der Waals surface area contributed by atoms with Crippen molar-refractivity contribution in [2.45, 2.75) is 0 Å². The van der Waals surface area contributed by atoms with E-state index in [1.165, 1.54) is 33.5 Å². The van der Waals surface area contributed by atoms with Crippen LogP contribution >= 0.6 is 0 Å². The molecule has 0 aliphatic carbocycles. The maximum absolute atomic E-state index is 12.3. The van der Waals surface area contributed by atoms with Gasteiger partial charge in [0.05, 0.1) is 42.7 Å². The van der Waals surface area contributed by atoms with Gasteiger partial charge in [-0.2, -0.15) is 0 Å². The Morgan fingerprint density at radius 2 is 1.10 bits per heavy atom. The van der Waals surface area contributed by atoms with Gasteiger partial charge < -0.3 is 28.4 Å². The fourth-order valence-electron chi connectivity index (χ4n) is 2.79. The highest BCUT2D eigenvalue weighted by atomic mass is 16.5. The quantitative estimate of drug-likeness (QED) is 0.544. The Morgan fingerprint density at radius 3 is 1.60 bits per heavy atom. The molecule has 0 spiro atoms. The van der Waals surface area contributed by atoms with Crippen LogP contribution in [0.3, 0.4) is 0 Å². The van der Waals surface area contributed by atoms with E-state index in [9.17, 15) is 4.79 Å². The lowest BCUT2D eigenvalue weighted by atomic mass is 10.1. The van der Waals surface area contributed by atoms with Crippen molar-refractivity contribution in [1.29, 1.82) is 0 Å². The summed E-state index contributed by atoms with van der Waals surface area (Å²) in [5.41, 5.74) is 1.42. The number of carbonyl (C=O) groups is 1. The van der Waals surface area contributed by atoms with Gasteiger partial charge in [0.15, 0.2) is 28.8 Å². The van der Waals surface area contributed by atoms with Gasteiger partial charge in [0, 0.05) is 11.6 Å². The van der Waals surface area contributed by atoms with E-state index >= 15 is 0 Å². The van der Waals surface area contributed by atoms with Crippen LogP contribution in [-0.4, -0.2) is 48.4 Å². The molecular weight excluding hydrogens is 388 g/mol.